The van der Waals surface area contributed by atoms with Gasteiger partial charge < -0.3 is 24.4 Å². The summed E-state index contributed by atoms with van der Waals surface area (Å²) < 4.78 is 43.8. The third-order valence-electron chi connectivity index (χ3n) is 2.88. The van der Waals surface area contributed by atoms with Crippen LogP contribution in [0.4, 0.5) is 0 Å². The molecule has 0 spiro atoms. The van der Waals surface area contributed by atoms with Gasteiger partial charge in [-0.15, -0.1) is 0 Å². The molecule has 2 fully saturated rings. The van der Waals surface area contributed by atoms with Crippen LogP contribution in [0.1, 0.15) is 13.8 Å². The molecule has 2 saturated heterocycles. The summed E-state index contributed by atoms with van der Waals surface area (Å²) >= 11 is 0. The lowest BCUT2D eigenvalue weighted by Gasteiger charge is -2.27. The predicted octanol–water partition coefficient (Wildman–Crippen LogP) is -1.44. The summed E-state index contributed by atoms with van der Waals surface area (Å²) in [6.45, 7) is 2.73. The van der Waals surface area contributed by atoms with Crippen molar-refractivity contribution in [3.05, 3.63) is 0 Å². The van der Waals surface area contributed by atoms with Crippen LogP contribution in [0.25, 0.3) is 0 Å². The number of hydrogen-bond donors (Lipinski definition) is 2. The van der Waals surface area contributed by atoms with E-state index >= 15 is 0 Å². The highest BCUT2D eigenvalue weighted by Gasteiger charge is 2.58. The molecule has 112 valence electrons. The van der Waals surface area contributed by atoms with Crippen molar-refractivity contribution in [2.75, 3.05) is 12.9 Å². The molecule has 0 aromatic heterocycles. The minimum atomic E-state index is -3.77. The van der Waals surface area contributed by atoms with Gasteiger partial charge >= 0.3 is 0 Å². The van der Waals surface area contributed by atoms with Crippen molar-refractivity contribution in [2.45, 2.75) is 50.3 Å². The van der Waals surface area contributed by atoms with Gasteiger partial charge in [0, 0.05) is 0 Å². The van der Waals surface area contributed by atoms with Crippen LogP contribution in [0.15, 0.2) is 0 Å². The Labute approximate surface area is 111 Å². The van der Waals surface area contributed by atoms with Gasteiger partial charge in [0.1, 0.15) is 24.4 Å². The van der Waals surface area contributed by atoms with Gasteiger partial charge in [0.15, 0.2) is 12.1 Å². The van der Waals surface area contributed by atoms with Crippen molar-refractivity contribution in [3.8, 4) is 0 Å². The lowest BCUT2D eigenvalue weighted by Crippen LogP contribution is -2.44. The molecule has 2 aliphatic rings. The van der Waals surface area contributed by atoms with Crippen molar-refractivity contribution < 1.29 is 37.0 Å². The molecule has 0 radical (unpaired) electrons. The Hall–Kier alpha value is -0.290. The van der Waals surface area contributed by atoms with E-state index < -0.39 is 53.2 Å². The zero-order valence-corrected chi connectivity index (χ0v) is 11.7. The normalized spacial score (nSPS) is 39.2. The van der Waals surface area contributed by atoms with Crippen molar-refractivity contribution in [1.82, 2.24) is 0 Å². The highest BCUT2D eigenvalue weighted by atomic mass is 32.2. The first kappa shape index (κ1) is 15.1. The zero-order chi connectivity index (χ0) is 14.4. The first-order valence-corrected chi connectivity index (χ1v) is 7.63. The van der Waals surface area contributed by atoms with E-state index in [4.69, 9.17) is 23.5 Å². The van der Waals surface area contributed by atoms with Crippen LogP contribution in [0, 0.1) is 0 Å². The molecule has 0 amide bonds. The first-order chi connectivity index (χ1) is 8.63. The van der Waals surface area contributed by atoms with E-state index in [-0.39, 0.29) is 0 Å². The van der Waals surface area contributed by atoms with Crippen LogP contribution in [0.3, 0.4) is 0 Å². The number of aliphatic hydroxyl groups excluding tert-OH is 2. The van der Waals surface area contributed by atoms with Gasteiger partial charge in [-0.3, -0.25) is 4.18 Å². The van der Waals surface area contributed by atoms with Gasteiger partial charge in [-0.05, 0) is 13.8 Å². The summed E-state index contributed by atoms with van der Waals surface area (Å²) in [6, 6.07) is 0. The second kappa shape index (κ2) is 4.92. The highest BCUT2D eigenvalue weighted by molar-refractivity contribution is 7.86. The fourth-order valence-electron chi connectivity index (χ4n) is 2.23. The zero-order valence-electron chi connectivity index (χ0n) is 10.8. The van der Waals surface area contributed by atoms with E-state index in [9.17, 15) is 13.5 Å². The van der Waals surface area contributed by atoms with E-state index in [1.165, 1.54) is 0 Å². The Bertz CT molecular complexity index is 433. The smallest absolute Gasteiger partial charge is 0.264 e. The minimum absolute atomic E-state index is 0.586. The second-order valence-electron chi connectivity index (χ2n) is 5.08. The molecule has 0 aliphatic carbocycles. The molecule has 2 rings (SSSR count). The third kappa shape index (κ3) is 3.24. The maximum atomic E-state index is 11.3. The topological polar surface area (TPSA) is 112 Å². The summed E-state index contributed by atoms with van der Waals surface area (Å²) in [5, 5.41) is 18.6. The summed E-state index contributed by atoms with van der Waals surface area (Å²) in [6.07, 6.45) is -4.12. The van der Waals surface area contributed by atoms with Crippen LogP contribution in [0.5, 0.6) is 0 Å². The lowest BCUT2D eigenvalue weighted by molar-refractivity contribution is -0.225. The van der Waals surface area contributed by atoms with Crippen LogP contribution >= 0.6 is 0 Å². The molecule has 9 heteroatoms. The number of ether oxygens (including phenoxy) is 3. The van der Waals surface area contributed by atoms with Crippen molar-refractivity contribution >= 4 is 10.1 Å². The van der Waals surface area contributed by atoms with E-state index in [0.717, 1.165) is 6.26 Å². The Morgan fingerprint density at radius 3 is 2.53 bits per heavy atom. The first-order valence-electron chi connectivity index (χ1n) is 5.81. The SMILES string of the molecule is CC1(C)O[C@H]2O[C@H]([C@@H](O)CO)[C@H](OS(C)(=O)=O)[C@H]2O1. The average Bonchev–Trinajstić information content (AvgIpc) is 2.70. The Morgan fingerprint density at radius 1 is 1.37 bits per heavy atom. The molecule has 2 N–H and O–H groups in total. The van der Waals surface area contributed by atoms with Gasteiger partial charge in [0.05, 0.1) is 12.9 Å². The molecule has 8 nitrogen and oxygen atoms in total. The van der Waals surface area contributed by atoms with Gasteiger partial charge in [0.2, 0.25) is 0 Å². The maximum Gasteiger partial charge on any atom is 0.264 e. The fraction of sp³-hybridized carbons (Fsp3) is 1.00. The average molecular weight is 298 g/mol. The van der Waals surface area contributed by atoms with Crippen molar-refractivity contribution in [3.63, 3.8) is 0 Å². The predicted molar refractivity (Wildman–Crippen MR) is 61.5 cm³/mol. The standard InChI is InChI=1S/C10H18O8S/c1-10(2)16-8-7(18-19(3,13)14)6(5(12)4-11)15-9(8)17-10/h5-9,11-12H,4H2,1-3H3/t5-,6+,7-,8+,9+/m0/s1. The molecule has 0 aromatic carbocycles. The summed E-state index contributed by atoms with van der Waals surface area (Å²) in [5.74, 6) is -0.927. The van der Waals surface area contributed by atoms with Crippen LogP contribution < -0.4 is 0 Å². The van der Waals surface area contributed by atoms with E-state index in [1.54, 1.807) is 13.8 Å². The quantitative estimate of drug-likeness (QED) is 0.607. The Morgan fingerprint density at radius 2 is 2.00 bits per heavy atom. The largest absolute Gasteiger partial charge is 0.394 e. The van der Waals surface area contributed by atoms with E-state index in [0.29, 0.717) is 0 Å². The molecule has 0 unspecified atom stereocenters. The Balaban J connectivity index is 2.21. The summed E-state index contributed by atoms with van der Waals surface area (Å²) in [4.78, 5) is 0. The molecule has 0 saturated carbocycles. The highest BCUT2D eigenvalue weighted by Crippen LogP contribution is 2.39. The number of fused-ring (bicyclic) bond motifs is 1. The molecule has 5 atom stereocenters. The molecule has 2 aliphatic heterocycles. The van der Waals surface area contributed by atoms with Gasteiger partial charge in [-0.2, -0.15) is 8.42 Å². The Kier molecular flexibility index (Phi) is 3.91. The van der Waals surface area contributed by atoms with Crippen molar-refractivity contribution in [1.29, 1.82) is 0 Å². The van der Waals surface area contributed by atoms with Crippen LogP contribution in [-0.4, -0.2) is 68.0 Å². The van der Waals surface area contributed by atoms with Gasteiger partial charge in [0.25, 0.3) is 10.1 Å². The monoisotopic (exact) mass is 298 g/mol. The number of rotatable bonds is 4. The lowest BCUT2D eigenvalue weighted by atomic mass is 10.1. The summed E-state index contributed by atoms with van der Waals surface area (Å²) in [5.41, 5.74) is 0. The fourth-order valence-corrected chi connectivity index (χ4v) is 2.85. The van der Waals surface area contributed by atoms with Crippen LogP contribution in [0.2, 0.25) is 0 Å². The molecule has 0 aromatic rings. The van der Waals surface area contributed by atoms with Gasteiger partial charge in [-0.25, -0.2) is 0 Å². The van der Waals surface area contributed by atoms with E-state index in [1.807, 2.05) is 0 Å². The molecular weight excluding hydrogens is 280 g/mol. The van der Waals surface area contributed by atoms with Crippen LogP contribution in [-0.2, 0) is 28.5 Å². The molecule has 19 heavy (non-hydrogen) atoms. The minimum Gasteiger partial charge on any atom is -0.394 e. The second-order valence-corrected chi connectivity index (χ2v) is 6.68. The van der Waals surface area contributed by atoms with Crippen molar-refractivity contribution in [2.24, 2.45) is 0 Å². The molecule has 2 heterocycles. The molecule has 0 bridgehead atoms. The van der Waals surface area contributed by atoms with E-state index in [2.05, 4.69) is 0 Å². The third-order valence-corrected chi connectivity index (χ3v) is 3.45. The summed E-state index contributed by atoms with van der Waals surface area (Å²) in [7, 11) is -3.77. The maximum absolute atomic E-state index is 11.3. The molecular formula is C10H18O8S. The van der Waals surface area contributed by atoms with Gasteiger partial charge in [-0.1, -0.05) is 0 Å². The number of aliphatic hydroxyl groups is 2. The number of hydrogen-bond acceptors (Lipinski definition) is 8.